The lowest BCUT2D eigenvalue weighted by Crippen LogP contribution is -2.21. The molecule has 1 aromatic heterocycles. The summed E-state index contributed by atoms with van der Waals surface area (Å²) in [4.78, 5) is 2.49. The van der Waals surface area contributed by atoms with Gasteiger partial charge in [-0.15, -0.1) is 0 Å². The van der Waals surface area contributed by atoms with E-state index < -0.39 is 0 Å². The fraction of sp³-hybridized carbons (Fsp3) is 0.350. The molecular formula is C20H21FN2O2. The van der Waals surface area contributed by atoms with E-state index >= 15 is 0 Å². The highest BCUT2D eigenvalue weighted by Crippen LogP contribution is 2.29. The molecule has 25 heavy (non-hydrogen) atoms. The van der Waals surface area contributed by atoms with Crippen molar-refractivity contribution in [3.8, 4) is 17.0 Å². The zero-order valence-corrected chi connectivity index (χ0v) is 14.1. The van der Waals surface area contributed by atoms with E-state index in [4.69, 9.17) is 9.26 Å². The van der Waals surface area contributed by atoms with Crippen LogP contribution in [0.1, 0.15) is 19.3 Å². The molecule has 0 N–H and O–H groups in total. The van der Waals surface area contributed by atoms with Crippen LogP contribution < -0.4 is 4.74 Å². The summed E-state index contributed by atoms with van der Waals surface area (Å²) in [5.74, 6) is 0.525. The molecule has 2 heterocycles. The molecule has 2 aromatic carbocycles. The molecule has 0 radical (unpaired) electrons. The average Bonchev–Trinajstić information content (AvgIpc) is 3.28. The van der Waals surface area contributed by atoms with Gasteiger partial charge in [-0.2, -0.15) is 0 Å². The minimum Gasteiger partial charge on any atom is -0.494 e. The second-order valence-electron chi connectivity index (χ2n) is 6.45. The number of aromatic nitrogens is 1. The molecule has 4 rings (SSSR count). The van der Waals surface area contributed by atoms with Gasteiger partial charge in [-0.25, -0.2) is 4.39 Å². The Hall–Kier alpha value is -2.40. The summed E-state index contributed by atoms with van der Waals surface area (Å²) < 4.78 is 24.3. The van der Waals surface area contributed by atoms with E-state index in [1.54, 1.807) is 6.07 Å². The van der Waals surface area contributed by atoms with Crippen LogP contribution in [0.2, 0.25) is 0 Å². The third kappa shape index (κ3) is 3.66. The third-order valence-corrected chi connectivity index (χ3v) is 4.65. The molecule has 1 aliphatic heterocycles. The van der Waals surface area contributed by atoms with E-state index in [-0.39, 0.29) is 5.82 Å². The number of ether oxygens (including phenoxy) is 1. The van der Waals surface area contributed by atoms with E-state index in [9.17, 15) is 4.39 Å². The van der Waals surface area contributed by atoms with Crippen LogP contribution in [-0.4, -0.2) is 36.3 Å². The van der Waals surface area contributed by atoms with Crippen molar-refractivity contribution in [1.29, 1.82) is 0 Å². The van der Waals surface area contributed by atoms with Crippen LogP contribution in [0, 0.1) is 5.82 Å². The fourth-order valence-corrected chi connectivity index (χ4v) is 3.31. The lowest BCUT2D eigenvalue weighted by molar-refractivity contribution is 0.263. The Morgan fingerprint density at radius 2 is 1.88 bits per heavy atom. The number of likely N-dealkylation sites (tertiary alicyclic amines) is 1. The molecule has 0 bridgehead atoms. The number of fused-ring (bicyclic) bond motifs is 1. The van der Waals surface area contributed by atoms with E-state index in [2.05, 4.69) is 10.1 Å². The topological polar surface area (TPSA) is 38.5 Å². The Labute approximate surface area is 146 Å². The Balaban J connectivity index is 1.37. The summed E-state index contributed by atoms with van der Waals surface area (Å²) in [5.41, 5.74) is 2.10. The Kier molecular flexibility index (Phi) is 4.65. The number of halogens is 1. The standard InChI is InChI=1S/C20H21FN2O2/c21-16-6-9-18-19(14-16)25-22-20(18)15-4-7-17(8-5-15)24-13-3-12-23-10-1-2-11-23/h4-9,14H,1-3,10-13H2. The summed E-state index contributed by atoms with van der Waals surface area (Å²) in [7, 11) is 0. The van der Waals surface area contributed by atoms with Gasteiger partial charge in [0, 0.05) is 23.6 Å². The Morgan fingerprint density at radius 3 is 2.68 bits per heavy atom. The monoisotopic (exact) mass is 340 g/mol. The van der Waals surface area contributed by atoms with Crippen molar-refractivity contribution in [3.63, 3.8) is 0 Å². The van der Waals surface area contributed by atoms with Crippen molar-refractivity contribution in [2.24, 2.45) is 0 Å². The van der Waals surface area contributed by atoms with Crippen LogP contribution in [0.25, 0.3) is 22.2 Å². The summed E-state index contributed by atoms with van der Waals surface area (Å²) in [5, 5.41) is 4.87. The maximum atomic E-state index is 13.2. The zero-order valence-electron chi connectivity index (χ0n) is 14.1. The molecule has 0 spiro atoms. The second-order valence-corrected chi connectivity index (χ2v) is 6.45. The lowest BCUT2D eigenvalue weighted by atomic mass is 10.1. The van der Waals surface area contributed by atoms with Crippen molar-refractivity contribution >= 4 is 11.0 Å². The van der Waals surface area contributed by atoms with Gasteiger partial charge in [0.25, 0.3) is 0 Å². The molecule has 0 aliphatic carbocycles. The van der Waals surface area contributed by atoms with Crippen molar-refractivity contribution < 1.29 is 13.7 Å². The lowest BCUT2D eigenvalue weighted by Gasteiger charge is -2.14. The van der Waals surface area contributed by atoms with E-state index in [0.29, 0.717) is 5.58 Å². The highest BCUT2D eigenvalue weighted by Gasteiger charge is 2.12. The summed E-state index contributed by atoms with van der Waals surface area (Å²) in [6.45, 7) is 4.29. The number of rotatable bonds is 6. The molecule has 1 fully saturated rings. The molecule has 0 unspecified atom stereocenters. The van der Waals surface area contributed by atoms with Gasteiger partial charge in [-0.3, -0.25) is 0 Å². The fourth-order valence-electron chi connectivity index (χ4n) is 3.31. The normalized spacial score (nSPS) is 15.1. The zero-order chi connectivity index (χ0) is 17.1. The predicted molar refractivity (Wildman–Crippen MR) is 95.2 cm³/mol. The maximum absolute atomic E-state index is 13.2. The largest absolute Gasteiger partial charge is 0.494 e. The summed E-state index contributed by atoms with van der Waals surface area (Å²) >= 11 is 0. The first-order valence-corrected chi connectivity index (χ1v) is 8.80. The van der Waals surface area contributed by atoms with Gasteiger partial charge >= 0.3 is 0 Å². The van der Waals surface area contributed by atoms with Crippen molar-refractivity contribution in [3.05, 3.63) is 48.3 Å². The predicted octanol–water partition coefficient (Wildman–Crippen LogP) is 4.50. The number of hydrogen-bond donors (Lipinski definition) is 0. The molecule has 130 valence electrons. The number of benzene rings is 2. The van der Waals surface area contributed by atoms with Gasteiger partial charge < -0.3 is 14.2 Å². The SMILES string of the molecule is Fc1ccc2c(-c3ccc(OCCCN4CCCC4)cc3)noc2c1. The highest BCUT2D eigenvalue weighted by molar-refractivity contribution is 5.91. The molecule has 0 amide bonds. The Morgan fingerprint density at radius 1 is 1.08 bits per heavy atom. The van der Waals surface area contributed by atoms with E-state index in [1.165, 1.54) is 38.1 Å². The smallest absolute Gasteiger partial charge is 0.170 e. The Bertz CT molecular complexity index is 839. The molecule has 3 aromatic rings. The molecule has 4 nitrogen and oxygen atoms in total. The second kappa shape index (κ2) is 7.23. The van der Waals surface area contributed by atoms with Gasteiger partial charge in [-0.05, 0) is 68.8 Å². The molecule has 1 aliphatic rings. The highest BCUT2D eigenvalue weighted by atomic mass is 19.1. The molecular weight excluding hydrogens is 319 g/mol. The first-order valence-electron chi connectivity index (χ1n) is 8.80. The number of hydrogen-bond acceptors (Lipinski definition) is 4. The van der Waals surface area contributed by atoms with Gasteiger partial charge in [0.05, 0.1) is 6.61 Å². The van der Waals surface area contributed by atoms with E-state index in [1.807, 2.05) is 24.3 Å². The molecule has 0 saturated carbocycles. The summed E-state index contributed by atoms with van der Waals surface area (Å²) in [6, 6.07) is 12.3. The van der Waals surface area contributed by atoms with Gasteiger partial charge in [-0.1, -0.05) is 5.16 Å². The summed E-state index contributed by atoms with van der Waals surface area (Å²) in [6.07, 6.45) is 3.69. The van der Waals surface area contributed by atoms with Crippen LogP contribution in [0.15, 0.2) is 47.0 Å². The molecule has 0 atom stereocenters. The maximum Gasteiger partial charge on any atom is 0.170 e. The van der Waals surface area contributed by atoms with Crippen molar-refractivity contribution in [1.82, 2.24) is 10.1 Å². The minimum absolute atomic E-state index is 0.326. The first-order chi connectivity index (χ1) is 12.3. The van der Waals surface area contributed by atoms with Crippen LogP contribution in [0.5, 0.6) is 5.75 Å². The van der Waals surface area contributed by atoms with Crippen LogP contribution >= 0.6 is 0 Å². The van der Waals surface area contributed by atoms with Gasteiger partial charge in [0.1, 0.15) is 17.3 Å². The van der Waals surface area contributed by atoms with E-state index in [0.717, 1.165) is 42.0 Å². The first kappa shape index (κ1) is 16.1. The quantitative estimate of drug-likeness (QED) is 0.619. The molecule has 5 heteroatoms. The van der Waals surface area contributed by atoms with Crippen LogP contribution in [0.3, 0.4) is 0 Å². The van der Waals surface area contributed by atoms with Crippen molar-refractivity contribution in [2.75, 3.05) is 26.2 Å². The van der Waals surface area contributed by atoms with Gasteiger partial charge in [0.2, 0.25) is 0 Å². The van der Waals surface area contributed by atoms with Crippen molar-refractivity contribution in [2.45, 2.75) is 19.3 Å². The average molecular weight is 340 g/mol. The molecule has 1 saturated heterocycles. The van der Waals surface area contributed by atoms with Crippen LogP contribution in [-0.2, 0) is 0 Å². The number of nitrogens with zero attached hydrogens (tertiary/aromatic N) is 2. The van der Waals surface area contributed by atoms with Crippen LogP contribution in [0.4, 0.5) is 4.39 Å². The third-order valence-electron chi connectivity index (χ3n) is 4.65. The van der Waals surface area contributed by atoms with Gasteiger partial charge in [0.15, 0.2) is 5.58 Å². The minimum atomic E-state index is -0.326.